The van der Waals surface area contributed by atoms with Crippen LogP contribution < -0.4 is 0 Å². The summed E-state index contributed by atoms with van der Waals surface area (Å²) in [4.78, 5) is 13.7. The number of likely N-dealkylation sites (tertiary alicyclic amines) is 1. The van der Waals surface area contributed by atoms with Gasteiger partial charge in [-0.15, -0.1) is 0 Å². The van der Waals surface area contributed by atoms with Crippen LogP contribution in [-0.2, 0) is 20.4 Å². The quantitative estimate of drug-likeness (QED) is 0.743. The van der Waals surface area contributed by atoms with E-state index in [1.54, 1.807) is 4.90 Å². The summed E-state index contributed by atoms with van der Waals surface area (Å²) in [5.41, 5.74) is 0.957. The van der Waals surface area contributed by atoms with E-state index in [0.29, 0.717) is 25.4 Å². The highest BCUT2D eigenvalue weighted by atomic mass is 35.7. The molecule has 0 spiro atoms. The zero-order valence-electron chi connectivity index (χ0n) is 12.3. The van der Waals surface area contributed by atoms with E-state index in [1.165, 1.54) is 0 Å². The van der Waals surface area contributed by atoms with E-state index in [4.69, 9.17) is 15.4 Å². The first-order valence-electron chi connectivity index (χ1n) is 7.32. The maximum atomic E-state index is 12.0. The van der Waals surface area contributed by atoms with Gasteiger partial charge in [0.1, 0.15) is 6.61 Å². The lowest BCUT2D eigenvalue weighted by Crippen LogP contribution is -2.29. The Morgan fingerprint density at radius 2 is 2.05 bits per heavy atom. The topological polar surface area (TPSA) is 63.7 Å². The summed E-state index contributed by atoms with van der Waals surface area (Å²) in [6.07, 6.45) is 1.86. The maximum Gasteiger partial charge on any atom is 0.410 e. The van der Waals surface area contributed by atoms with Crippen molar-refractivity contribution in [2.45, 2.75) is 25.9 Å². The summed E-state index contributed by atoms with van der Waals surface area (Å²) in [5, 5.41) is 0. The van der Waals surface area contributed by atoms with Gasteiger partial charge in [-0.1, -0.05) is 30.3 Å². The second kappa shape index (κ2) is 7.83. The van der Waals surface area contributed by atoms with Gasteiger partial charge in [0.2, 0.25) is 9.05 Å². The van der Waals surface area contributed by atoms with Gasteiger partial charge in [0.15, 0.2) is 0 Å². The van der Waals surface area contributed by atoms with Gasteiger partial charge in [0.25, 0.3) is 0 Å². The molecular formula is C15H20ClNO4S. The minimum atomic E-state index is -3.42. The summed E-state index contributed by atoms with van der Waals surface area (Å²) in [6.45, 7) is 1.55. The van der Waals surface area contributed by atoms with Crippen molar-refractivity contribution in [3.8, 4) is 0 Å². The Morgan fingerprint density at radius 3 is 2.73 bits per heavy atom. The second-order valence-corrected chi connectivity index (χ2v) is 8.42. The van der Waals surface area contributed by atoms with Gasteiger partial charge in [0, 0.05) is 23.8 Å². The van der Waals surface area contributed by atoms with E-state index in [0.717, 1.165) is 18.4 Å². The Bertz CT molecular complexity index is 591. The van der Waals surface area contributed by atoms with Crippen molar-refractivity contribution < 1.29 is 17.9 Å². The molecule has 1 heterocycles. The van der Waals surface area contributed by atoms with Crippen LogP contribution in [0.5, 0.6) is 0 Å². The van der Waals surface area contributed by atoms with E-state index in [1.807, 2.05) is 30.3 Å². The monoisotopic (exact) mass is 345 g/mol. The first-order valence-corrected chi connectivity index (χ1v) is 9.80. The number of amides is 1. The van der Waals surface area contributed by atoms with Crippen LogP contribution in [0.4, 0.5) is 4.79 Å². The summed E-state index contributed by atoms with van der Waals surface area (Å²) < 4.78 is 27.0. The van der Waals surface area contributed by atoms with Crippen LogP contribution in [0.15, 0.2) is 30.3 Å². The van der Waals surface area contributed by atoms with Crippen molar-refractivity contribution in [2.75, 3.05) is 18.8 Å². The van der Waals surface area contributed by atoms with Crippen LogP contribution in [0.2, 0.25) is 0 Å². The fraction of sp³-hybridized carbons (Fsp3) is 0.533. The highest BCUT2D eigenvalue weighted by Gasteiger charge is 2.27. The Hall–Kier alpha value is -1.27. The molecule has 2 rings (SSSR count). The molecule has 0 bridgehead atoms. The molecule has 1 unspecified atom stereocenters. The number of ether oxygens (including phenoxy) is 1. The molecular weight excluding hydrogens is 326 g/mol. The molecule has 7 heteroatoms. The van der Waals surface area contributed by atoms with E-state index in [9.17, 15) is 13.2 Å². The fourth-order valence-corrected chi connectivity index (χ4v) is 3.43. The number of hydrogen-bond donors (Lipinski definition) is 0. The summed E-state index contributed by atoms with van der Waals surface area (Å²) in [7, 11) is 1.77. The van der Waals surface area contributed by atoms with Crippen LogP contribution in [0.1, 0.15) is 24.8 Å². The molecule has 1 amide bonds. The van der Waals surface area contributed by atoms with E-state index in [2.05, 4.69) is 0 Å². The molecule has 22 heavy (non-hydrogen) atoms. The number of rotatable bonds is 6. The molecule has 0 aromatic heterocycles. The largest absolute Gasteiger partial charge is 0.445 e. The van der Waals surface area contributed by atoms with Gasteiger partial charge >= 0.3 is 6.09 Å². The lowest BCUT2D eigenvalue weighted by molar-refractivity contribution is 0.103. The maximum absolute atomic E-state index is 12.0. The van der Waals surface area contributed by atoms with Crippen LogP contribution in [0.3, 0.4) is 0 Å². The third-order valence-electron chi connectivity index (χ3n) is 3.75. The van der Waals surface area contributed by atoms with Crippen LogP contribution >= 0.6 is 10.7 Å². The number of halogens is 1. The normalized spacial score (nSPS) is 18.4. The fourth-order valence-electron chi connectivity index (χ4n) is 2.59. The minimum Gasteiger partial charge on any atom is -0.445 e. The molecule has 1 saturated heterocycles. The molecule has 1 aromatic rings. The molecule has 1 aromatic carbocycles. The van der Waals surface area contributed by atoms with Crippen LogP contribution in [0, 0.1) is 5.92 Å². The highest BCUT2D eigenvalue weighted by molar-refractivity contribution is 8.13. The molecule has 0 aliphatic carbocycles. The van der Waals surface area contributed by atoms with Crippen molar-refractivity contribution in [1.82, 2.24) is 4.90 Å². The smallest absolute Gasteiger partial charge is 0.410 e. The molecule has 1 fully saturated rings. The predicted molar refractivity (Wildman–Crippen MR) is 85.2 cm³/mol. The lowest BCUT2D eigenvalue weighted by Gasteiger charge is -2.16. The zero-order chi connectivity index (χ0) is 16.0. The van der Waals surface area contributed by atoms with Gasteiger partial charge in [-0.05, 0) is 30.7 Å². The second-order valence-electron chi connectivity index (χ2n) is 5.53. The Morgan fingerprint density at radius 1 is 1.32 bits per heavy atom. The van der Waals surface area contributed by atoms with Gasteiger partial charge < -0.3 is 9.64 Å². The summed E-state index contributed by atoms with van der Waals surface area (Å²) in [6, 6.07) is 9.54. The Balaban J connectivity index is 1.69. The Labute approximate surface area is 135 Å². The molecule has 122 valence electrons. The van der Waals surface area contributed by atoms with Crippen molar-refractivity contribution >= 4 is 25.8 Å². The highest BCUT2D eigenvalue weighted by Crippen LogP contribution is 2.22. The minimum absolute atomic E-state index is 0.0104. The average Bonchev–Trinajstić information content (AvgIpc) is 2.93. The van der Waals surface area contributed by atoms with Crippen molar-refractivity contribution in [2.24, 2.45) is 5.92 Å². The van der Waals surface area contributed by atoms with Crippen LogP contribution in [-0.4, -0.2) is 38.3 Å². The number of hydrogen-bond acceptors (Lipinski definition) is 4. The molecule has 0 N–H and O–H groups in total. The molecule has 0 radical (unpaired) electrons. The summed E-state index contributed by atoms with van der Waals surface area (Å²) >= 11 is 0. The third kappa shape index (κ3) is 5.85. The molecule has 1 atom stereocenters. The van der Waals surface area contributed by atoms with E-state index < -0.39 is 9.05 Å². The SMILES string of the molecule is O=C(OCc1ccccc1)N1CCC(CCCS(=O)(=O)Cl)C1. The third-order valence-corrected chi connectivity index (χ3v) is 4.99. The zero-order valence-corrected chi connectivity index (χ0v) is 13.9. The molecule has 1 aliphatic heterocycles. The number of carbonyl (C=O) groups is 1. The number of carbonyl (C=O) groups excluding carboxylic acids is 1. The number of benzene rings is 1. The van der Waals surface area contributed by atoms with Gasteiger partial charge in [-0.2, -0.15) is 0 Å². The van der Waals surface area contributed by atoms with Crippen molar-refractivity contribution in [3.63, 3.8) is 0 Å². The lowest BCUT2D eigenvalue weighted by atomic mass is 10.0. The average molecular weight is 346 g/mol. The van der Waals surface area contributed by atoms with Crippen molar-refractivity contribution in [3.05, 3.63) is 35.9 Å². The Kier molecular flexibility index (Phi) is 6.08. The first kappa shape index (κ1) is 17.1. The van der Waals surface area contributed by atoms with Gasteiger partial charge in [0.05, 0.1) is 5.75 Å². The van der Waals surface area contributed by atoms with Crippen molar-refractivity contribution in [1.29, 1.82) is 0 Å². The molecule has 0 saturated carbocycles. The first-order chi connectivity index (χ1) is 10.4. The molecule has 1 aliphatic rings. The summed E-state index contributed by atoms with van der Waals surface area (Å²) in [5.74, 6) is 0.312. The molecule has 5 nitrogen and oxygen atoms in total. The number of nitrogens with zero attached hydrogens (tertiary/aromatic N) is 1. The van der Waals surface area contributed by atoms with E-state index >= 15 is 0 Å². The predicted octanol–water partition coefficient (Wildman–Crippen LogP) is 2.99. The van der Waals surface area contributed by atoms with Gasteiger partial charge in [-0.25, -0.2) is 13.2 Å². The standard InChI is InChI=1S/C15H20ClNO4S/c16-22(19,20)10-4-7-13-8-9-17(11-13)15(18)21-12-14-5-2-1-3-6-14/h1-3,5-6,13H,4,7-12H2. The van der Waals surface area contributed by atoms with Crippen LogP contribution in [0.25, 0.3) is 0 Å². The van der Waals surface area contributed by atoms with E-state index in [-0.39, 0.29) is 18.5 Å². The van der Waals surface area contributed by atoms with Gasteiger partial charge in [-0.3, -0.25) is 0 Å².